The van der Waals surface area contributed by atoms with Gasteiger partial charge in [-0.3, -0.25) is 0 Å². The molecule has 0 saturated carbocycles. The highest BCUT2D eigenvalue weighted by molar-refractivity contribution is 6.33. The predicted octanol–water partition coefficient (Wildman–Crippen LogP) is 1.33. The van der Waals surface area contributed by atoms with E-state index in [0.29, 0.717) is 17.6 Å². The normalized spacial score (nSPS) is 21.9. The zero-order chi connectivity index (χ0) is 12.4. The monoisotopic (exact) mass is 254 g/mol. The van der Waals surface area contributed by atoms with Crippen LogP contribution in [0.2, 0.25) is 5.02 Å². The molecule has 5 heteroatoms. The second kappa shape index (κ2) is 5.21. The maximum absolute atomic E-state index is 6.25. The molecule has 1 unspecified atom stereocenters. The van der Waals surface area contributed by atoms with E-state index in [1.165, 1.54) is 0 Å². The molecule has 0 radical (unpaired) electrons. The van der Waals surface area contributed by atoms with Crippen LogP contribution in [0.1, 0.15) is 12.5 Å². The average Bonchev–Trinajstić information content (AvgIpc) is 2.32. The first kappa shape index (κ1) is 12.6. The number of anilines is 1. The lowest BCUT2D eigenvalue weighted by Gasteiger charge is -2.38. The Hall–Kier alpha value is -0.840. The molecule has 1 fully saturated rings. The van der Waals surface area contributed by atoms with Crippen LogP contribution in [0.3, 0.4) is 0 Å². The number of hydrogen-bond donors (Lipinski definition) is 1. The third kappa shape index (κ3) is 2.70. The van der Waals surface area contributed by atoms with Crippen LogP contribution in [0.4, 0.5) is 5.82 Å². The summed E-state index contributed by atoms with van der Waals surface area (Å²) >= 11 is 6.25. The van der Waals surface area contributed by atoms with Gasteiger partial charge in [0.2, 0.25) is 0 Å². The molecule has 1 aromatic heterocycles. The Balaban J connectivity index is 2.17. The molecule has 1 atom stereocenters. The van der Waals surface area contributed by atoms with E-state index in [-0.39, 0.29) is 0 Å². The van der Waals surface area contributed by atoms with Crippen LogP contribution in [-0.4, -0.2) is 42.6 Å². The summed E-state index contributed by atoms with van der Waals surface area (Å²) in [7, 11) is 2.15. The summed E-state index contributed by atoms with van der Waals surface area (Å²) in [4.78, 5) is 9.02. The van der Waals surface area contributed by atoms with Gasteiger partial charge in [0.05, 0.1) is 5.02 Å². The average molecular weight is 255 g/mol. The van der Waals surface area contributed by atoms with Gasteiger partial charge in [-0.1, -0.05) is 11.6 Å². The van der Waals surface area contributed by atoms with Crippen molar-refractivity contribution >= 4 is 17.4 Å². The fourth-order valence-corrected chi connectivity index (χ4v) is 2.36. The van der Waals surface area contributed by atoms with E-state index in [1.54, 1.807) is 0 Å². The van der Waals surface area contributed by atoms with Crippen molar-refractivity contribution in [3.8, 4) is 0 Å². The van der Waals surface area contributed by atoms with E-state index in [0.717, 1.165) is 31.0 Å². The van der Waals surface area contributed by atoms with Crippen LogP contribution < -0.4 is 10.6 Å². The molecule has 2 rings (SSSR count). The molecule has 0 aliphatic carbocycles. The zero-order valence-electron chi connectivity index (χ0n) is 10.4. The molecule has 1 aliphatic heterocycles. The SMILES string of the molecule is CC1CN(c2ncc(CN)cc2Cl)CCN1C. The molecule has 17 heavy (non-hydrogen) atoms. The maximum atomic E-state index is 6.25. The standard InChI is InChI=1S/C12H19ClN4/c1-9-8-17(4-3-16(9)2)12-11(13)5-10(6-14)7-15-12/h5,7,9H,3-4,6,8,14H2,1-2H3. The summed E-state index contributed by atoms with van der Waals surface area (Å²) in [5.74, 6) is 0.879. The van der Waals surface area contributed by atoms with Gasteiger partial charge in [0, 0.05) is 38.4 Å². The molecule has 0 spiro atoms. The third-order valence-corrected chi connectivity index (χ3v) is 3.65. The van der Waals surface area contributed by atoms with Gasteiger partial charge in [-0.2, -0.15) is 0 Å². The summed E-state index contributed by atoms with van der Waals surface area (Å²) in [5, 5.41) is 0.699. The Morgan fingerprint density at radius 2 is 2.29 bits per heavy atom. The van der Waals surface area contributed by atoms with Gasteiger partial charge in [-0.05, 0) is 25.6 Å². The van der Waals surface area contributed by atoms with Crippen LogP contribution in [0.25, 0.3) is 0 Å². The number of nitrogens with two attached hydrogens (primary N) is 1. The zero-order valence-corrected chi connectivity index (χ0v) is 11.1. The first-order valence-electron chi connectivity index (χ1n) is 5.91. The molecule has 1 aliphatic rings. The lowest BCUT2D eigenvalue weighted by molar-refractivity contribution is 0.233. The summed E-state index contributed by atoms with van der Waals surface area (Å²) in [5.41, 5.74) is 6.54. The quantitative estimate of drug-likeness (QED) is 0.865. The number of halogens is 1. The summed E-state index contributed by atoms with van der Waals surface area (Å²) in [6.07, 6.45) is 1.81. The molecular weight excluding hydrogens is 236 g/mol. The van der Waals surface area contributed by atoms with Crippen molar-refractivity contribution in [1.82, 2.24) is 9.88 Å². The number of aromatic nitrogens is 1. The molecule has 0 amide bonds. The Labute approximate surface area is 107 Å². The van der Waals surface area contributed by atoms with Crippen molar-refractivity contribution in [3.63, 3.8) is 0 Å². The lowest BCUT2D eigenvalue weighted by Crippen LogP contribution is -2.50. The first-order chi connectivity index (χ1) is 8.11. The smallest absolute Gasteiger partial charge is 0.147 e. The minimum atomic E-state index is 0.478. The van der Waals surface area contributed by atoms with Gasteiger partial charge in [-0.15, -0.1) is 0 Å². The lowest BCUT2D eigenvalue weighted by atomic mass is 10.2. The Bertz CT molecular complexity index is 396. The molecule has 94 valence electrons. The number of hydrogen-bond acceptors (Lipinski definition) is 4. The van der Waals surface area contributed by atoms with E-state index in [1.807, 2.05) is 12.3 Å². The molecule has 1 aromatic rings. The van der Waals surface area contributed by atoms with Crippen molar-refractivity contribution in [1.29, 1.82) is 0 Å². The van der Waals surface area contributed by atoms with E-state index < -0.39 is 0 Å². The predicted molar refractivity (Wildman–Crippen MR) is 71.4 cm³/mol. The second-order valence-corrected chi connectivity index (χ2v) is 5.04. The highest BCUT2D eigenvalue weighted by Crippen LogP contribution is 2.25. The van der Waals surface area contributed by atoms with Gasteiger partial charge >= 0.3 is 0 Å². The highest BCUT2D eigenvalue weighted by Gasteiger charge is 2.22. The molecule has 4 nitrogen and oxygen atoms in total. The Morgan fingerprint density at radius 3 is 2.88 bits per heavy atom. The van der Waals surface area contributed by atoms with Gasteiger partial charge < -0.3 is 15.5 Å². The van der Waals surface area contributed by atoms with Crippen LogP contribution >= 0.6 is 11.6 Å². The minimum Gasteiger partial charge on any atom is -0.353 e. The minimum absolute atomic E-state index is 0.478. The summed E-state index contributed by atoms with van der Waals surface area (Å²) < 4.78 is 0. The third-order valence-electron chi connectivity index (χ3n) is 3.37. The van der Waals surface area contributed by atoms with Crippen molar-refractivity contribution in [2.45, 2.75) is 19.5 Å². The number of likely N-dealkylation sites (N-methyl/N-ethyl adjacent to an activating group) is 1. The van der Waals surface area contributed by atoms with Gasteiger partial charge in [0.25, 0.3) is 0 Å². The van der Waals surface area contributed by atoms with Crippen molar-refractivity contribution < 1.29 is 0 Å². The highest BCUT2D eigenvalue weighted by atomic mass is 35.5. The van der Waals surface area contributed by atoms with Gasteiger partial charge in [-0.25, -0.2) is 4.98 Å². The van der Waals surface area contributed by atoms with Crippen molar-refractivity contribution in [2.24, 2.45) is 5.73 Å². The summed E-state index contributed by atoms with van der Waals surface area (Å²) in [6, 6.07) is 2.43. The summed E-state index contributed by atoms with van der Waals surface area (Å²) in [6.45, 7) is 5.67. The van der Waals surface area contributed by atoms with Crippen molar-refractivity contribution in [3.05, 3.63) is 22.8 Å². The van der Waals surface area contributed by atoms with E-state index in [9.17, 15) is 0 Å². The largest absolute Gasteiger partial charge is 0.353 e. The van der Waals surface area contributed by atoms with Crippen LogP contribution in [0.5, 0.6) is 0 Å². The van der Waals surface area contributed by atoms with Crippen LogP contribution in [0.15, 0.2) is 12.3 Å². The van der Waals surface area contributed by atoms with E-state index >= 15 is 0 Å². The maximum Gasteiger partial charge on any atom is 0.147 e. The molecule has 0 bridgehead atoms. The fourth-order valence-electron chi connectivity index (χ4n) is 2.06. The van der Waals surface area contributed by atoms with Crippen LogP contribution in [-0.2, 0) is 6.54 Å². The van der Waals surface area contributed by atoms with E-state index in [4.69, 9.17) is 17.3 Å². The Kier molecular flexibility index (Phi) is 3.86. The van der Waals surface area contributed by atoms with E-state index in [2.05, 4.69) is 28.8 Å². The first-order valence-corrected chi connectivity index (χ1v) is 6.29. The second-order valence-electron chi connectivity index (χ2n) is 4.63. The van der Waals surface area contributed by atoms with Crippen molar-refractivity contribution in [2.75, 3.05) is 31.6 Å². The number of rotatable bonds is 2. The Morgan fingerprint density at radius 1 is 1.53 bits per heavy atom. The van der Waals surface area contributed by atoms with Crippen LogP contribution in [0, 0.1) is 0 Å². The molecule has 1 saturated heterocycles. The van der Waals surface area contributed by atoms with Gasteiger partial charge in [0.15, 0.2) is 0 Å². The molecular formula is C12H19ClN4. The topological polar surface area (TPSA) is 45.4 Å². The molecule has 2 N–H and O–H groups in total. The molecule has 2 heterocycles. The molecule has 0 aromatic carbocycles. The fraction of sp³-hybridized carbons (Fsp3) is 0.583. The van der Waals surface area contributed by atoms with Gasteiger partial charge in [0.1, 0.15) is 5.82 Å². The number of piperazine rings is 1. The number of nitrogens with zero attached hydrogens (tertiary/aromatic N) is 3. The number of pyridine rings is 1.